The summed E-state index contributed by atoms with van der Waals surface area (Å²) < 4.78 is 34.5. The minimum absolute atomic E-state index is 0.141. The minimum atomic E-state index is -0.464. The molecule has 0 aliphatic rings. The Morgan fingerprint density at radius 1 is 0.314 bits per heavy atom. The number of nitrogens with zero attached hydrogens (tertiary/aromatic N) is 8. The average Bonchev–Trinajstić information content (AvgIpc) is 1.56. The van der Waals surface area contributed by atoms with Gasteiger partial charge in [0.15, 0.2) is 0 Å². The second kappa shape index (κ2) is 38.9. The van der Waals surface area contributed by atoms with Crippen LogP contribution in [-0.2, 0) is 28.4 Å². The Balaban J connectivity index is 1.60. The molecule has 0 N–H and O–H groups in total. The smallest absolute Gasteiger partial charge is 0.329 e. The van der Waals surface area contributed by atoms with E-state index in [2.05, 4.69) is 13.8 Å². The zero-order valence-corrected chi connectivity index (χ0v) is 53.1. The predicted octanol–water partition coefficient (Wildman–Crippen LogP) is 14.0. The van der Waals surface area contributed by atoms with E-state index in [1.807, 2.05) is 185 Å². The summed E-state index contributed by atoms with van der Waals surface area (Å²) in [7, 11) is 3.25. The molecule has 0 bridgehead atoms. The van der Waals surface area contributed by atoms with Crippen LogP contribution in [0.15, 0.2) is 133 Å². The number of amides is 8. The van der Waals surface area contributed by atoms with Crippen molar-refractivity contribution in [3.05, 3.63) is 133 Å². The van der Waals surface area contributed by atoms with Crippen molar-refractivity contribution in [2.45, 2.75) is 106 Å². The van der Waals surface area contributed by atoms with E-state index in [-0.39, 0.29) is 50.4 Å². The molecule has 0 fully saturated rings. The van der Waals surface area contributed by atoms with Crippen molar-refractivity contribution in [3.63, 3.8) is 0 Å². The summed E-state index contributed by atoms with van der Waals surface area (Å²) in [4.78, 5) is 75.0. The van der Waals surface area contributed by atoms with Gasteiger partial charge in [0, 0.05) is 99.0 Å². The van der Waals surface area contributed by atoms with Gasteiger partial charge >= 0.3 is 24.1 Å². The highest BCUT2D eigenvalue weighted by molar-refractivity contribution is 6.08. The van der Waals surface area contributed by atoms with Crippen LogP contribution in [0.5, 0.6) is 0 Å². The molecule has 0 spiro atoms. The van der Waals surface area contributed by atoms with Gasteiger partial charge in [-0.15, -0.1) is 0 Å². The number of benzene rings is 5. The number of carbonyl (C=O) groups excluding carboxylic acids is 4. The van der Waals surface area contributed by atoms with Crippen molar-refractivity contribution < 1.29 is 47.6 Å². The number of rotatable bonds is 38. The van der Waals surface area contributed by atoms with E-state index in [0.29, 0.717) is 139 Å². The Morgan fingerprint density at radius 3 is 0.814 bits per heavy atom. The van der Waals surface area contributed by atoms with Crippen molar-refractivity contribution in [1.82, 2.24) is 0 Å². The highest BCUT2D eigenvalue weighted by atomic mass is 16.5. The molecule has 0 aliphatic heterocycles. The van der Waals surface area contributed by atoms with Crippen LogP contribution in [0.2, 0.25) is 0 Å². The van der Waals surface area contributed by atoms with Gasteiger partial charge in [-0.1, -0.05) is 96.1 Å². The lowest BCUT2D eigenvalue weighted by atomic mass is 10.2. The summed E-state index contributed by atoms with van der Waals surface area (Å²) in [6, 6.07) is 41.3. The first kappa shape index (κ1) is 69.7. The zero-order valence-electron chi connectivity index (χ0n) is 53.1. The normalized spacial score (nSPS) is 11.8. The highest BCUT2D eigenvalue weighted by Gasteiger charge is 2.32. The van der Waals surface area contributed by atoms with Gasteiger partial charge in [0.2, 0.25) is 0 Å². The van der Waals surface area contributed by atoms with Gasteiger partial charge in [-0.25, -0.2) is 19.2 Å². The van der Waals surface area contributed by atoms with Crippen molar-refractivity contribution in [2.24, 2.45) is 0 Å². The lowest BCUT2D eigenvalue weighted by Gasteiger charge is -2.35. The molecule has 0 aromatic heterocycles. The Bertz CT molecular complexity index is 2560. The van der Waals surface area contributed by atoms with E-state index in [1.54, 1.807) is 43.6 Å². The Hall–Kier alpha value is -7.06. The van der Waals surface area contributed by atoms with Gasteiger partial charge in [0.25, 0.3) is 0 Å². The summed E-state index contributed by atoms with van der Waals surface area (Å²) in [6.07, 6.45) is 3.29. The fourth-order valence-electron chi connectivity index (χ4n) is 9.95. The van der Waals surface area contributed by atoms with Crippen molar-refractivity contribution >= 4 is 69.6 Å². The van der Waals surface area contributed by atoms with Crippen LogP contribution < -0.4 is 39.2 Å². The summed E-state index contributed by atoms with van der Waals surface area (Å²) >= 11 is 0. The van der Waals surface area contributed by atoms with Gasteiger partial charge in [-0.3, -0.25) is 39.2 Å². The summed E-state index contributed by atoms with van der Waals surface area (Å²) in [5.41, 5.74) is 5.27. The fraction of sp³-hybridized carbons (Fsp3) is 0.500. The Morgan fingerprint density at radius 2 is 0.547 bits per heavy atom. The fourth-order valence-corrected chi connectivity index (χ4v) is 9.95. The van der Waals surface area contributed by atoms with Crippen LogP contribution in [0.4, 0.5) is 64.7 Å². The zero-order chi connectivity index (χ0) is 62.1. The van der Waals surface area contributed by atoms with Crippen molar-refractivity contribution in [3.8, 4) is 0 Å². The van der Waals surface area contributed by atoms with Crippen LogP contribution in [0.1, 0.15) is 93.9 Å². The van der Waals surface area contributed by atoms with Gasteiger partial charge in [-0.2, -0.15) is 0 Å². The van der Waals surface area contributed by atoms with Gasteiger partial charge in [0.1, 0.15) is 0 Å². The van der Waals surface area contributed by atoms with E-state index in [4.69, 9.17) is 28.4 Å². The lowest BCUT2D eigenvalue weighted by Crippen LogP contribution is -2.48. The molecule has 0 aliphatic carbocycles. The average molecular weight is 1190 g/mol. The predicted molar refractivity (Wildman–Crippen MR) is 351 cm³/mol. The molecule has 86 heavy (non-hydrogen) atoms. The monoisotopic (exact) mass is 1190 g/mol. The number of para-hydroxylation sites is 2. The third-order valence-electron chi connectivity index (χ3n) is 14.0. The first-order valence-electron chi connectivity index (χ1n) is 31.0. The molecule has 5 rings (SSSR count). The maximum Gasteiger partial charge on any atom is 0.329 e. The Kier molecular flexibility index (Phi) is 31.5. The maximum atomic E-state index is 15.8. The molecule has 18 heteroatoms. The number of carbonyl (C=O) groups is 4. The van der Waals surface area contributed by atoms with E-state index in [0.717, 1.165) is 24.2 Å². The van der Waals surface area contributed by atoms with Crippen molar-refractivity contribution in [1.29, 1.82) is 0 Å². The SMILES string of the molecule is CCCN(C(=O)N(CCC)c1cccc(N(CCC)C(=O)N(C[C@@H](C)OCCOCCOC)c2cccc(N(C[C@@H](C)OCCOCCOC)C(=O)N(CCC)c3cccc(N(CCC)C(=O)N(CCC)c4ccccc4)c3)c2)c1)c1ccccc1. The molecule has 2 atom stereocenters. The Labute approximate surface area is 513 Å². The van der Waals surface area contributed by atoms with Gasteiger partial charge in [-0.05, 0) is 131 Å². The minimum Gasteiger partial charge on any atom is -0.382 e. The molecule has 5 aromatic rings. The number of methoxy groups -OCH3 is 2. The van der Waals surface area contributed by atoms with Crippen LogP contribution in [0.3, 0.4) is 0 Å². The standard InChI is InChI=1S/C68H98N8O10/c1-11-36-69(57-26-19-17-20-27-57)65(77)71(38-13-3)59-30-23-32-61(50-59)73(40-15-5)67(79)75(53-55(7)85-48-46-83-44-42-81-9)63-34-25-35-64(52-63)76(54-56(8)86-49-47-84-45-43-82-10)68(80)74(41-16-6)62-33-24-31-60(51-62)72(39-14-4)66(78)70(37-12-2)58-28-21-18-22-29-58/h17-35,50-52,55-56H,11-16,36-49,53-54H2,1-10H3/t55-,56-/m1/s1. The quantitative estimate of drug-likeness (QED) is 0.0350. The molecule has 8 amide bonds. The van der Waals surface area contributed by atoms with Gasteiger partial charge < -0.3 is 28.4 Å². The van der Waals surface area contributed by atoms with E-state index < -0.39 is 12.2 Å². The molecule has 18 nitrogen and oxygen atoms in total. The van der Waals surface area contributed by atoms with Crippen LogP contribution in [0.25, 0.3) is 0 Å². The number of ether oxygens (including phenoxy) is 6. The topological polar surface area (TPSA) is 150 Å². The van der Waals surface area contributed by atoms with Crippen LogP contribution in [0, 0.1) is 0 Å². The second-order valence-electron chi connectivity index (χ2n) is 21.1. The summed E-state index contributed by atoms with van der Waals surface area (Å²) in [5.74, 6) is 0. The number of hydrogen-bond acceptors (Lipinski definition) is 10. The molecule has 0 saturated carbocycles. The number of urea groups is 4. The van der Waals surface area contributed by atoms with E-state index in [1.165, 1.54) is 0 Å². The van der Waals surface area contributed by atoms with Crippen LogP contribution in [-0.4, -0.2) is 156 Å². The van der Waals surface area contributed by atoms with Crippen LogP contribution >= 0.6 is 0 Å². The number of hydrogen-bond donors (Lipinski definition) is 0. The van der Waals surface area contributed by atoms with E-state index >= 15 is 9.59 Å². The molecule has 470 valence electrons. The molecule has 0 heterocycles. The maximum absolute atomic E-state index is 15.8. The molecular formula is C68H98N8O10. The van der Waals surface area contributed by atoms with Gasteiger partial charge in [0.05, 0.1) is 78.2 Å². The third-order valence-corrected chi connectivity index (χ3v) is 14.0. The van der Waals surface area contributed by atoms with Crippen molar-refractivity contribution in [2.75, 3.05) is 159 Å². The summed E-state index contributed by atoms with van der Waals surface area (Å²) in [5, 5.41) is 0. The van der Waals surface area contributed by atoms with E-state index in [9.17, 15) is 9.59 Å². The molecule has 0 unspecified atom stereocenters. The molecule has 5 aromatic carbocycles. The molecule has 0 saturated heterocycles. The summed E-state index contributed by atoms with van der Waals surface area (Å²) in [6.45, 7) is 22.1. The molecular weight excluding hydrogens is 1090 g/mol. The third kappa shape index (κ3) is 21.1. The highest BCUT2D eigenvalue weighted by Crippen LogP contribution is 2.33. The largest absolute Gasteiger partial charge is 0.382 e. The first-order valence-corrected chi connectivity index (χ1v) is 31.0. The lowest BCUT2D eigenvalue weighted by molar-refractivity contribution is 0.00232. The number of anilines is 8. The first-order chi connectivity index (χ1) is 41.9. The molecule has 0 radical (unpaired) electrons. The second-order valence-corrected chi connectivity index (χ2v) is 21.1.